The van der Waals surface area contributed by atoms with Gasteiger partial charge in [-0.15, -0.1) is 6.42 Å². The lowest BCUT2D eigenvalue weighted by Gasteiger charge is -2.46. The summed E-state index contributed by atoms with van der Waals surface area (Å²) >= 11 is 0. The highest BCUT2D eigenvalue weighted by atomic mass is 16.3. The van der Waals surface area contributed by atoms with E-state index in [0.29, 0.717) is 11.4 Å². The first-order valence-electron chi connectivity index (χ1n) is 21.3. The lowest BCUT2D eigenvalue weighted by Crippen LogP contribution is -2.42. The van der Waals surface area contributed by atoms with Gasteiger partial charge in [0.2, 0.25) is 0 Å². The van der Waals surface area contributed by atoms with Crippen molar-refractivity contribution in [1.82, 2.24) is 5.32 Å². The zero-order chi connectivity index (χ0) is 41.5. The number of hydrogen-bond donors (Lipinski definition) is 1. The van der Waals surface area contributed by atoms with Crippen molar-refractivity contribution in [3.8, 4) is 23.5 Å². The van der Waals surface area contributed by atoms with E-state index in [1.165, 1.54) is 55.5 Å². The van der Waals surface area contributed by atoms with Gasteiger partial charge in [-0.05, 0) is 76.1 Å². The molecule has 0 fully saturated rings. The van der Waals surface area contributed by atoms with Crippen LogP contribution >= 0.6 is 0 Å². The molecule has 2 atom stereocenters. The lowest BCUT2D eigenvalue weighted by molar-refractivity contribution is 0.518. The Balaban J connectivity index is 1.18. The minimum Gasteiger partial charge on any atom is -0.460 e. The maximum absolute atomic E-state index is 6.49. The second-order valence-corrected chi connectivity index (χ2v) is 17.3. The molecule has 4 aliphatic rings. The highest BCUT2D eigenvalue weighted by molar-refractivity contribution is 6.20. The molecule has 11 rings (SSSR count). The highest BCUT2D eigenvalue weighted by Gasteiger charge is 2.54. The molecule has 294 valence electrons. The summed E-state index contributed by atoms with van der Waals surface area (Å²) in [6, 6.07) is 50.8. The summed E-state index contributed by atoms with van der Waals surface area (Å²) in [5, 5.41) is 4.86. The van der Waals surface area contributed by atoms with Gasteiger partial charge < -0.3 is 9.73 Å². The van der Waals surface area contributed by atoms with Crippen LogP contribution in [0.3, 0.4) is 0 Å². The third-order valence-electron chi connectivity index (χ3n) is 13.6. The molecule has 1 aliphatic heterocycles. The van der Waals surface area contributed by atoms with E-state index in [4.69, 9.17) is 20.8 Å². The average Bonchev–Trinajstić information content (AvgIpc) is 3.82. The summed E-state index contributed by atoms with van der Waals surface area (Å²) in [5.41, 5.74) is 14.4. The Bertz CT molecular complexity index is 3110. The molecule has 0 amide bonds. The van der Waals surface area contributed by atoms with Gasteiger partial charge in [-0.3, -0.25) is 0 Å². The van der Waals surface area contributed by atoms with E-state index < -0.39 is 11.1 Å². The Labute approximate surface area is 357 Å². The van der Waals surface area contributed by atoms with Gasteiger partial charge in [0.05, 0.1) is 11.0 Å². The van der Waals surface area contributed by atoms with Crippen molar-refractivity contribution < 1.29 is 4.42 Å². The summed E-state index contributed by atoms with van der Waals surface area (Å²) in [4.78, 5) is 10.8. The number of para-hydroxylation sites is 1. The Kier molecular flexibility index (Phi) is 8.25. The van der Waals surface area contributed by atoms with Crippen LogP contribution in [0.1, 0.15) is 95.0 Å². The zero-order valence-corrected chi connectivity index (χ0v) is 34.8. The van der Waals surface area contributed by atoms with Crippen LogP contribution in [0.25, 0.3) is 28.2 Å². The smallest absolute Gasteiger partial charge is 0.177 e. The van der Waals surface area contributed by atoms with Gasteiger partial charge in [0.25, 0.3) is 0 Å². The van der Waals surface area contributed by atoms with Gasteiger partial charge in [0.1, 0.15) is 23.0 Å². The van der Waals surface area contributed by atoms with Crippen molar-refractivity contribution in [1.29, 1.82) is 0 Å². The van der Waals surface area contributed by atoms with Crippen molar-refractivity contribution in [2.75, 3.05) is 0 Å². The fourth-order valence-electron chi connectivity index (χ4n) is 10.7. The van der Waals surface area contributed by atoms with Crippen LogP contribution in [-0.2, 0) is 22.9 Å². The third kappa shape index (κ3) is 5.33. The summed E-state index contributed by atoms with van der Waals surface area (Å²) in [5.74, 6) is 5.43. The molecule has 1 spiro atoms. The molecule has 0 saturated heterocycles. The zero-order valence-electron chi connectivity index (χ0n) is 34.8. The number of amidine groups is 2. The second-order valence-electron chi connectivity index (χ2n) is 17.3. The third-order valence-corrected chi connectivity index (χ3v) is 13.6. The SMILES string of the molecule is C#C/C(=C\C=C/C)C1=N[C@](C)(c2ccccc2)N=C(c2cccc3c2-c2cc(C4C=Cc5c(oc6ccccc56)C4)ccc2C32c3ccccc3C(C)(C)c3ccccc32)N1. The Morgan fingerprint density at radius 3 is 2.16 bits per heavy atom. The quantitative estimate of drug-likeness (QED) is 0.139. The maximum atomic E-state index is 6.49. The number of allylic oxidation sites excluding steroid dienone is 4. The van der Waals surface area contributed by atoms with E-state index >= 15 is 0 Å². The predicted molar refractivity (Wildman–Crippen MR) is 250 cm³/mol. The van der Waals surface area contributed by atoms with Crippen LogP contribution in [0.4, 0.5) is 0 Å². The first-order chi connectivity index (χ1) is 29.8. The fourth-order valence-corrected chi connectivity index (χ4v) is 10.7. The van der Waals surface area contributed by atoms with Crippen LogP contribution in [0.5, 0.6) is 0 Å². The van der Waals surface area contributed by atoms with Crippen LogP contribution in [0, 0.1) is 12.3 Å². The minimum atomic E-state index is -0.946. The number of nitrogens with zero attached hydrogens (tertiary/aromatic N) is 2. The number of terminal acetylenes is 1. The summed E-state index contributed by atoms with van der Waals surface area (Å²) in [6.45, 7) is 8.79. The van der Waals surface area contributed by atoms with E-state index in [-0.39, 0.29) is 11.3 Å². The molecular formula is C57H45N3O. The Morgan fingerprint density at radius 2 is 1.43 bits per heavy atom. The molecule has 0 radical (unpaired) electrons. The van der Waals surface area contributed by atoms with Crippen LogP contribution in [-0.4, -0.2) is 11.7 Å². The van der Waals surface area contributed by atoms with Crippen molar-refractivity contribution in [3.05, 3.63) is 231 Å². The molecule has 1 N–H and O–H groups in total. The van der Waals surface area contributed by atoms with Crippen LogP contribution in [0.15, 0.2) is 184 Å². The fraction of sp³-hybridized carbons (Fsp3) is 0.158. The van der Waals surface area contributed by atoms with Crippen LogP contribution in [0.2, 0.25) is 0 Å². The minimum absolute atomic E-state index is 0.135. The van der Waals surface area contributed by atoms with Crippen molar-refractivity contribution in [2.24, 2.45) is 9.98 Å². The maximum Gasteiger partial charge on any atom is 0.177 e. The molecule has 7 aromatic rings. The largest absolute Gasteiger partial charge is 0.460 e. The number of fused-ring (bicyclic) bond motifs is 12. The van der Waals surface area contributed by atoms with Crippen molar-refractivity contribution in [2.45, 2.75) is 56.5 Å². The molecule has 2 heterocycles. The second kappa shape index (κ2) is 13.7. The molecule has 0 saturated carbocycles. The van der Waals surface area contributed by atoms with E-state index in [1.807, 2.05) is 49.4 Å². The van der Waals surface area contributed by atoms with Gasteiger partial charge in [-0.25, -0.2) is 9.98 Å². The van der Waals surface area contributed by atoms with Crippen molar-refractivity contribution in [3.63, 3.8) is 0 Å². The number of nitrogens with one attached hydrogen (secondary N) is 1. The molecule has 1 unspecified atom stereocenters. The van der Waals surface area contributed by atoms with E-state index in [0.717, 1.165) is 40.3 Å². The first kappa shape index (κ1) is 36.8. The van der Waals surface area contributed by atoms with Gasteiger partial charge in [0, 0.05) is 39.8 Å². The summed E-state index contributed by atoms with van der Waals surface area (Å²) in [7, 11) is 0. The standard InChI is InChI=1S/C57H45N3O/c1-6-8-19-36(7-2)53-58-54(60-56(5,59-53)39-20-10-9-11-21-39)42-23-18-28-49-52(42)43-34-37(38-30-32-41-40-22-12-17-29-50(40)61-51(41)35-38)31-33-44(43)57(49)47-26-15-13-24-45(47)55(3,4)46-25-14-16-27-48(46)57/h2,6,8-34,38H,35H2,1,3-5H3,(H,58,59,60)/b8-6-,36-19+/t38?,56-/m0/s1. The van der Waals surface area contributed by atoms with Crippen molar-refractivity contribution >= 4 is 28.7 Å². The molecule has 6 aromatic carbocycles. The first-order valence-corrected chi connectivity index (χ1v) is 21.3. The number of aliphatic imine (C=N–C) groups is 2. The molecule has 4 nitrogen and oxygen atoms in total. The Hall–Kier alpha value is -7.22. The normalized spacial score (nSPS) is 20.2. The predicted octanol–water partition coefficient (Wildman–Crippen LogP) is 12.5. The summed E-state index contributed by atoms with van der Waals surface area (Å²) < 4.78 is 6.49. The highest BCUT2D eigenvalue weighted by Crippen LogP contribution is 2.63. The number of rotatable bonds is 5. The van der Waals surface area contributed by atoms with Crippen LogP contribution < -0.4 is 5.32 Å². The molecule has 4 heteroatoms. The molecule has 0 bridgehead atoms. The van der Waals surface area contributed by atoms with Gasteiger partial charge >= 0.3 is 0 Å². The topological polar surface area (TPSA) is 49.9 Å². The molecule has 61 heavy (non-hydrogen) atoms. The number of hydrogen-bond acceptors (Lipinski definition) is 4. The average molecular weight is 788 g/mol. The number of furan rings is 1. The van der Waals surface area contributed by atoms with Gasteiger partial charge in [-0.1, -0.05) is 178 Å². The summed E-state index contributed by atoms with van der Waals surface area (Å²) in [6.07, 6.45) is 17.5. The van der Waals surface area contributed by atoms with E-state index in [2.05, 4.69) is 159 Å². The van der Waals surface area contributed by atoms with E-state index in [1.54, 1.807) is 0 Å². The monoisotopic (exact) mass is 787 g/mol. The van der Waals surface area contributed by atoms with Gasteiger partial charge in [-0.2, -0.15) is 0 Å². The molecule has 1 aromatic heterocycles. The van der Waals surface area contributed by atoms with E-state index in [9.17, 15) is 0 Å². The molecular weight excluding hydrogens is 743 g/mol. The molecule has 3 aliphatic carbocycles. The lowest BCUT2D eigenvalue weighted by atomic mass is 9.55. The Morgan fingerprint density at radius 1 is 0.738 bits per heavy atom. The number of benzene rings is 6. The van der Waals surface area contributed by atoms with Gasteiger partial charge in [0.15, 0.2) is 5.66 Å².